The van der Waals surface area contributed by atoms with Gasteiger partial charge in [-0.15, -0.1) is 0 Å². The zero-order valence-corrected chi connectivity index (χ0v) is 11.7. The highest BCUT2D eigenvalue weighted by Gasteiger charge is 2.13. The Morgan fingerprint density at radius 3 is 2.83 bits per heavy atom. The summed E-state index contributed by atoms with van der Waals surface area (Å²) in [5.74, 6) is -0.291. The smallest absolute Gasteiger partial charge is 0.307 e. The van der Waals surface area contributed by atoms with Crippen molar-refractivity contribution >= 4 is 57.6 Å². The molecule has 0 aliphatic rings. The Bertz CT molecular complexity index is 588. The van der Waals surface area contributed by atoms with E-state index in [0.717, 1.165) is 11.7 Å². The molecule has 1 aromatic heterocycles. The van der Waals surface area contributed by atoms with Crippen molar-refractivity contribution in [2.45, 2.75) is 6.42 Å². The van der Waals surface area contributed by atoms with E-state index < -0.39 is 0 Å². The second-order valence-electron chi connectivity index (χ2n) is 3.43. The molecule has 0 spiro atoms. The number of nitrogens with zero attached hydrogens (tertiary/aromatic N) is 2. The lowest BCUT2D eigenvalue weighted by molar-refractivity contribution is -0.140. The van der Waals surface area contributed by atoms with E-state index in [-0.39, 0.29) is 12.4 Å². The van der Waals surface area contributed by atoms with Gasteiger partial charge in [-0.25, -0.2) is 0 Å². The van der Waals surface area contributed by atoms with Gasteiger partial charge in [0.1, 0.15) is 11.0 Å². The molecular weight excluding hydrogens is 297 g/mol. The van der Waals surface area contributed by atoms with Gasteiger partial charge in [0.15, 0.2) is 0 Å². The molecule has 0 atom stereocenters. The van der Waals surface area contributed by atoms with Crippen LogP contribution < -0.4 is 5.32 Å². The quantitative estimate of drug-likeness (QED) is 0.880. The number of nitrogens with one attached hydrogen (secondary N) is 1. The first-order valence-electron chi connectivity index (χ1n) is 5.04. The second kappa shape index (κ2) is 5.69. The van der Waals surface area contributed by atoms with Crippen molar-refractivity contribution < 1.29 is 9.53 Å². The average Bonchev–Trinajstić information content (AvgIpc) is 2.82. The molecule has 0 fully saturated rings. The molecule has 8 heteroatoms. The van der Waals surface area contributed by atoms with Crippen molar-refractivity contribution in [3.05, 3.63) is 16.1 Å². The number of ether oxygens (including phenoxy) is 1. The molecule has 96 valence electrons. The van der Waals surface area contributed by atoms with Crippen LogP contribution in [0.25, 0.3) is 11.0 Å². The van der Waals surface area contributed by atoms with Gasteiger partial charge in [-0.05, 0) is 6.07 Å². The zero-order chi connectivity index (χ0) is 13.1. The van der Waals surface area contributed by atoms with Crippen LogP contribution in [-0.4, -0.2) is 28.4 Å². The third kappa shape index (κ3) is 2.66. The van der Waals surface area contributed by atoms with E-state index in [4.69, 9.17) is 23.2 Å². The van der Waals surface area contributed by atoms with Crippen LogP contribution >= 0.6 is 34.9 Å². The van der Waals surface area contributed by atoms with Crippen LogP contribution in [0.4, 0.5) is 5.69 Å². The van der Waals surface area contributed by atoms with E-state index in [2.05, 4.69) is 18.8 Å². The second-order valence-corrected chi connectivity index (χ2v) is 4.77. The highest BCUT2D eigenvalue weighted by molar-refractivity contribution is 7.00. The van der Waals surface area contributed by atoms with Gasteiger partial charge in [0.25, 0.3) is 0 Å². The van der Waals surface area contributed by atoms with Crippen LogP contribution in [0.3, 0.4) is 0 Å². The van der Waals surface area contributed by atoms with Crippen LogP contribution in [0, 0.1) is 0 Å². The zero-order valence-electron chi connectivity index (χ0n) is 9.37. The number of benzene rings is 1. The van der Waals surface area contributed by atoms with Crippen molar-refractivity contribution in [1.29, 1.82) is 0 Å². The Morgan fingerprint density at radius 1 is 1.39 bits per heavy atom. The molecule has 0 radical (unpaired) electrons. The largest absolute Gasteiger partial charge is 0.469 e. The van der Waals surface area contributed by atoms with Crippen molar-refractivity contribution in [2.24, 2.45) is 0 Å². The number of rotatable bonds is 4. The number of hydrogen-bond acceptors (Lipinski definition) is 6. The molecule has 0 saturated heterocycles. The summed E-state index contributed by atoms with van der Waals surface area (Å²) in [5, 5.41) is 3.96. The average molecular weight is 306 g/mol. The first-order chi connectivity index (χ1) is 8.63. The molecule has 0 amide bonds. The third-order valence-electron chi connectivity index (χ3n) is 2.30. The van der Waals surface area contributed by atoms with Crippen molar-refractivity contribution in [3.8, 4) is 0 Å². The standard InChI is InChI=1S/C10H9Cl2N3O2S/c1-17-7(16)2-3-13-8-5(11)4-6(12)9-10(8)15-18-14-9/h4,13H,2-3H2,1H3. The number of hydrogen-bond donors (Lipinski definition) is 1. The number of fused-ring (bicyclic) bond motifs is 1. The predicted molar refractivity (Wildman–Crippen MR) is 72.6 cm³/mol. The fourth-order valence-electron chi connectivity index (χ4n) is 1.43. The van der Waals surface area contributed by atoms with Gasteiger partial charge >= 0.3 is 5.97 Å². The minimum Gasteiger partial charge on any atom is -0.469 e. The van der Waals surface area contributed by atoms with Crippen LogP contribution in [0.15, 0.2) is 6.07 Å². The Labute approximate surface area is 117 Å². The van der Waals surface area contributed by atoms with Gasteiger partial charge in [-0.3, -0.25) is 4.79 Å². The van der Waals surface area contributed by atoms with Gasteiger partial charge in [0.2, 0.25) is 0 Å². The molecule has 1 aromatic carbocycles. The van der Waals surface area contributed by atoms with Gasteiger partial charge < -0.3 is 10.1 Å². The molecular formula is C10H9Cl2N3O2S. The van der Waals surface area contributed by atoms with E-state index in [1.807, 2.05) is 0 Å². The monoisotopic (exact) mass is 305 g/mol. The Hall–Kier alpha value is -1.11. The molecule has 2 aromatic rings. The Morgan fingerprint density at radius 2 is 2.11 bits per heavy atom. The van der Waals surface area contributed by atoms with Crippen LogP contribution in [0.1, 0.15) is 6.42 Å². The van der Waals surface area contributed by atoms with Gasteiger partial charge in [-0.2, -0.15) is 8.75 Å². The molecule has 5 nitrogen and oxygen atoms in total. The van der Waals surface area contributed by atoms with E-state index in [1.54, 1.807) is 6.07 Å². The molecule has 0 unspecified atom stereocenters. The number of carbonyl (C=O) groups excluding carboxylic acids is 1. The number of methoxy groups -OCH3 is 1. The summed E-state index contributed by atoms with van der Waals surface area (Å²) >= 11 is 13.1. The number of esters is 1. The fraction of sp³-hybridized carbons (Fsp3) is 0.300. The van der Waals surface area contributed by atoms with Gasteiger partial charge in [-0.1, -0.05) is 23.2 Å². The van der Waals surface area contributed by atoms with E-state index in [9.17, 15) is 4.79 Å². The molecule has 2 rings (SSSR count). The van der Waals surface area contributed by atoms with Gasteiger partial charge in [0.05, 0.1) is 41.0 Å². The maximum absolute atomic E-state index is 11.0. The summed E-state index contributed by atoms with van der Waals surface area (Å²) in [6.45, 7) is 0.403. The first-order valence-corrected chi connectivity index (χ1v) is 6.53. The molecule has 18 heavy (non-hydrogen) atoms. The fourth-order valence-corrected chi connectivity index (χ4v) is 2.61. The van der Waals surface area contributed by atoms with Crippen molar-refractivity contribution in [1.82, 2.24) is 8.75 Å². The molecule has 1 heterocycles. The normalized spacial score (nSPS) is 10.6. The summed E-state index contributed by atoms with van der Waals surface area (Å²) in [7, 11) is 1.35. The number of anilines is 1. The maximum Gasteiger partial charge on any atom is 0.307 e. The lowest BCUT2D eigenvalue weighted by Crippen LogP contribution is -2.10. The molecule has 0 bridgehead atoms. The molecule has 0 saturated carbocycles. The van der Waals surface area contributed by atoms with Crippen LogP contribution in [0.2, 0.25) is 10.0 Å². The van der Waals surface area contributed by atoms with E-state index in [0.29, 0.717) is 33.3 Å². The SMILES string of the molecule is COC(=O)CCNc1c(Cl)cc(Cl)c2nsnc12. The van der Waals surface area contributed by atoms with E-state index in [1.165, 1.54) is 7.11 Å². The number of halogens is 2. The highest BCUT2D eigenvalue weighted by Crippen LogP contribution is 2.35. The Kier molecular flexibility index (Phi) is 4.21. The summed E-state index contributed by atoms with van der Waals surface area (Å²) in [6.07, 6.45) is 0.245. The van der Waals surface area contributed by atoms with Crippen LogP contribution in [-0.2, 0) is 9.53 Å². The van der Waals surface area contributed by atoms with Gasteiger partial charge in [0, 0.05) is 6.54 Å². The Balaban J connectivity index is 2.22. The summed E-state index contributed by atoms with van der Waals surface area (Å²) < 4.78 is 12.8. The topological polar surface area (TPSA) is 64.1 Å². The first kappa shape index (κ1) is 13.3. The highest BCUT2D eigenvalue weighted by atomic mass is 35.5. The number of aromatic nitrogens is 2. The predicted octanol–water partition coefficient (Wildman–Crippen LogP) is 2.97. The number of carbonyl (C=O) groups is 1. The van der Waals surface area contributed by atoms with Crippen molar-refractivity contribution in [3.63, 3.8) is 0 Å². The maximum atomic E-state index is 11.0. The molecule has 1 N–H and O–H groups in total. The van der Waals surface area contributed by atoms with Crippen LogP contribution in [0.5, 0.6) is 0 Å². The lowest BCUT2D eigenvalue weighted by Gasteiger charge is -2.08. The summed E-state index contributed by atoms with van der Waals surface area (Å²) in [5.41, 5.74) is 1.85. The minimum absolute atomic E-state index is 0.245. The lowest BCUT2D eigenvalue weighted by atomic mass is 10.2. The summed E-state index contributed by atoms with van der Waals surface area (Å²) in [6, 6.07) is 1.60. The third-order valence-corrected chi connectivity index (χ3v) is 3.42. The van der Waals surface area contributed by atoms with Crippen molar-refractivity contribution in [2.75, 3.05) is 19.0 Å². The minimum atomic E-state index is -0.291. The molecule has 0 aliphatic carbocycles. The van der Waals surface area contributed by atoms with E-state index >= 15 is 0 Å². The molecule has 0 aliphatic heterocycles. The summed E-state index contributed by atoms with van der Waals surface area (Å²) in [4.78, 5) is 11.0.